The van der Waals surface area contributed by atoms with Crippen LogP contribution in [0.15, 0.2) is 42.6 Å². The lowest BCUT2D eigenvalue weighted by molar-refractivity contribution is 0.0649. The number of hydrogen-bond acceptors (Lipinski definition) is 5. The van der Waals surface area contributed by atoms with E-state index < -0.39 is 0 Å². The number of piperidine rings is 1. The maximum absolute atomic E-state index is 12.4. The highest BCUT2D eigenvalue weighted by Gasteiger charge is 2.34. The molecule has 152 valence electrons. The number of nitrogens with zero attached hydrogens (tertiary/aromatic N) is 3. The molecule has 0 radical (unpaired) electrons. The van der Waals surface area contributed by atoms with Crippen molar-refractivity contribution in [1.82, 2.24) is 14.8 Å². The zero-order chi connectivity index (χ0) is 20.1. The molecule has 0 bridgehead atoms. The monoisotopic (exact) mass is 393 g/mol. The molecule has 1 saturated heterocycles. The molecule has 1 aromatic heterocycles. The zero-order valence-corrected chi connectivity index (χ0v) is 16.7. The van der Waals surface area contributed by atoms with Crippen molar-refractivity contribution in [2.45, 2.75) is 38.6 Å². The van der Waals surface area contributed by atoms with E-state index in [9.17, 15) is 9.59 Å². The number of fused-ring (bicyclic) bond motifs is 1. The van der Waals surface area contributed by atoms with Crippen LogP contribution in [0.4, 0.5) is 0 Å². The molecular formula is C23H27N3O3. The van der Waals surface area contributed by atoms with Crippen molar-refractivity contribution >= 4 is 11.8 Å². The average Bonchev–Trinajstić information content (AvgIpc) is 2.99. The zero-order valence-electron chi connectivity index (χ0n) is 16.7. The smallest absolute Gasteiger partial charge is 0.261 e. The summed E-state index contributed by atoms with van der Waals surface area (Å²) in [5.74, 6) is 0.248. The molecule has 2 aromatic rings. The van der Waals surface area contributed by atoms with Crippen LogP contribution in [-0.2, 0) is 6.54 Å². The third kappa shape index (κ3) is 4.65. The third-order valence-electron chi connectivity index (χ3n) is 5.56. The lowest BCUT2D eigenvalue weighted by atomic mass is 10.1. The first-order valence-electron chi connectivity index (χ1n) is 10.5. The number of pyridine rings is 1. The molecule has 1 aromatic carbocycles. The van der Waals surface area contributed by atoms with Crippen LogP contribution in [0.1, 0.15) is 58.4 Å². The predicted octanol–water partition coefficient (Wildman–Crippen LogP) is 3.52. The fraction of sp³-hybridized carbons (Fsp3) is 0.435. The molecule has 2 amide bonds. The number of amides is 2. The number of ether oxygens (including phenoxy) is 1. The Morgan fingerprint density at radius 1 is 0.931 bits per heavy atom. The molecule has 4 rings (SSSR count). The van der Waals surface area contributed by atoms with Crippen molar-refractivity contribution in [2.75, 3.05) is 26.2 Å². The van der Waals surface area contributed by atoms with Crippen LogP contribution in [0.25, 0.3) is 0 Å². The Morgan fingerprint density at radius 3 is 2.38 bits per heavy atom. The number of carbonyl (C=O) groups is 2. The van der Waals surface area contributed by atoms with Gasteiger partial charge in [-0.15, -0.1) is 0 Å². The standard InChI is InChI=1S/C23H27N3O3/c27-22-19-8-2-3-9-20(19)23(28)26(22)14-6-7-15-29-21-16-18(10-11-24-21)17-25-12-4-1-5-13-25/h2-3,8-11,16H,1,4-7,12-15,17H2. The van der Waals surface area contributed by atoms with Crippen LogP contribution in [0.3, 0.4) is 0 Å². The summed E-state index contributed by atoms with van der Waals surface area (Å²) in [5.41, 5.74) is 2.23. The van der Waals surface area contributed by atoms with E-state index in [2.05, 4.69) is 9.88 Å². The van der Waals surface area contributed by atoms with Gasteiger partial charge in [0.1, 0.15) is 0 Å². The van der Waals surface area contributed by atoms with E-state index in [-0.39, 0.29) is 11.8 Å². The summed E-state index contributed by atoms with van der Waals surface area (Å²) in [6.07, 6.45) is 7.16. The summed E-state index contributed by atoms with van der Waals surface area (Å²) >= 11 is 0. The normalized spacial score (nSPS) is 16.9. The number of benzene rings is 1. The molecule has 0 atom stereocenters. The first kappa shape index (κ1) is 19.6. The Hall–Kier alpha value is -2.73. The van der Waals surface area contributed by atoms with Crippen LogP contribution in [0.5, 0.6) is 5.88 Å². The summed E-state index contributed by atoms with van der Waals surface area (Å²) in [6.45, 7) is 4.20. The van der Waals surface area contributed by atoms with E-state index in [1.165, 1.54) is 29.7 Å². The first-order chi connectivity index (χ1) is 14.2. The largest absolute Gasteiger partial charge is 0.478 e. The lowest BCUT2D eigenvalue weighted by Crippen LogP contribution is -2.30. The van der Waals surface area contributed by atoms with Gasteiger partial charge in [-0.3, -0.25) is 19.4 Å². The van der Waals surface area contributed by atoms with Gasteiger partial charge in [0, 0.05) is 25.4 Å². The number of imide groups is 1. The fourth-order valence-corrected chi connectivity index (χ4v) is 3.99. The van der Waals surface area contributed by atoms with Crippen LogP contribution >= 0.6 is 0 Å². The molecule has 3 heterocycles. The Labute approximate surface area is 171 Å². The second kappa shape index (κ2) is 9.18. The minimum atomic E-state index is -0.196. The topological polar surface area (TPSA) is 62.7 Å². The van der Waals surface area contributed by atoms with E-state index in [1.807, 2.05) is 12.1 Å². The van der Waals surface area contributed by atoms with Crippen molar-refractivity contribution < 1.29 is 14.3 Å². The molecule has 0 unspecified atom stereocenters. The molecule has 29 heavy (non-hydrogen) atoms. The summed E-state index contributed by atoms with van der Waals surface area (Å²) in [6, 6.07) is 11.0. The molecule has 6 heteroatoms. The summed E-state index contributed by atoms with van der Waals surface area (Å²) in [5, 5.41) is 0. The summed E-state index contributed by atoms with van der Waals surface area (Å²) in [4.78, 5) is 32.8. The van der Waals surface area contributed by atoms with Gasteiger partial charge in [0.15, 0.2) is 0 Å². The van der Waals surface area contributed by atoms with E-state index in [0.29, 0.717) is 36.6 Å². The van der Waals surface area contributed by atoms with Crippen LogP contribution in [0, 0.1) is 0 Å². The Bertz CT molecular complexity index is 842. The van der Waals surface area contributed by atoms with Gasteiger partial charge in [-0.2, -0.15) is 0 Å². The quantitative estimate of drug-likeness (QED) is 0.507. The third-order valence-corrected chi connectivity index (χ3v) is 5.56. The van der Waals surface area contributed by atoms with Crippen molar-refractivity contribution in [2.24, 2.45) is 0 Å². The Balaban J connectivity index is 1.21. The van der Waals surface area contributed by atoms with Gasteiger partial charge in [-0.25, -0.2) is 4.98 Å². The second-order valence-corrected chi connectivity index (χ2v) is 7.70. The summed E-state index contributed by atoms with van der Waals surface area (Å²) < 4.78 is 5.80. The predicted molar refractivity (Wildman–Crippen MR) is 110 cm³/mol. The van der Waals surface area contributed by atoms with Gasteiger partial charge in [-0.05, 0) is 62.5 Å². The Kier molecular flexibility index (Phi) is 6.20. The Morgan fingerprint density at radius 2 is 1.66 bits per heavy atom. The van der Waals surface area contributed by atoms with Crippen molar-refractivity contribution in [3.63, 3.8) is 0 Å². The van der Waals surface area contributed by atoms with E-state index >= 15 is 0 Å². The molecule has 0 spiro atoms. The van der Waals surface area contributed by atoms with E-state index in [0.717, 1.165) is 26.1 Å². The van der Waals surface area contributed by atoms with E-state index in [4.69, 9.17) is 4.74 Å². The van der Waals surface area contributed by atoms with Gasteiger partial charge >= 0.3 is 0 Å². The molecule has 2 aliphatic rings. The molecular weight excluding hydrogens is 366 g/mol. The van der Waals surface area contributed by atoms with E-state index in [1.54, 1.807) is 30.5 Å². The SMILES string of the molecule is O=C1c2ccccc2C(=O)N1CCCCOc1cc(CN2CCCCC2)ccn1. The molecule has 6 nitrogen and oxygen atoms in total. The number of rotatable bonds is 8. The van der Waals surface area contributed by atoms with Crippen LogP contribution in [-0.4, -0.2) is 52.8 Å². The molecule has 2 aliphatic heterocycles. The molecule has 0 saturated carbocycles. The van der Waals surface area contributed by atoms with Crippen LogP contribution in [0.2, 0.25) is 0 Å². The highest BCUT2D eigenvalue weighted by molar-refractivity contribution is 6.21. The first-order valence-corrected chi connectivity index (χ1v) is 10.5. The highest BCUT2D eigenvalue weighted by Crippen LogP contribution is 2.22. The number of hydrogen-bond donors (Lipinski definition) is 0. The van der Waals surface area contributed by atoms with Gasteiger partial charge in [0.25, 0.3) is 11.8 Å². The second-order valence-electron chi connectivity index (χ2n) is 7.70. The minimum Gasteiger partial charge on any atom is -0.478 e. The maximum atomic E-state index is 12.4. The summed E-state index contributed by atoms with van der Waals surface area (Å²) in [7, 11) is 0. The van der Waals surface area contributed by atoms with Gasteiger partial charge in [0.05, 0.1) is 17.7 Å². The van der Waals surface area contributed by atoms with Crippen molar-refractivity contribution in [3.05, 3.63) is 59.3 Å². The van der Waals surface area contributed by atoms with Gasteiger partial charge in [0.2, 0.25) is 5.88 Å². The average molecular weight is 393 g/mol. The van der Waals surface area contributed by atoms with Gasteiger partial charge in [-0.1, -0.05) is 18.6 Å². The minimum absolute atomic E-state index is 0.196. The molecule has 0 N–H and O–H groups in total. The highest BCUT2D eigenvalue weighted by atomic mass is 16.5. The van der Waals surface area contributed by atoms with Crippen molar-refractivity contribution in [1.29, 1.82) is 0 Å². The lowest BCUT2D eigenvalue weighted by Gasteiger charge is -2.26. The van der Waals surface area contributed by atoms with Crippen LogP contribution < -0.4 is 4.74 Å². The maximum Gasteiger partial charge on any atom is 0.261 e. The fourth-order valence-electron chi connectivity index (χ4n) is 3.99. The van der Waals surface area contributed by atoms with Gasteiger partial charge < -0.3 is 4.74 Å². The number of carbonyl (C=O) groups excluding carboxylic acids is 2. The van der Waals surface area contributed by atoms with Crippen molar-refractivity contribution in [3.8, 4) is 5.88 Å². The molecule has 1 fully saturated rings. The molecule has 0 aliphatic carbocycles. The number of likely N-dealkylation sites (tertiary alicyclic amines) is 1. The number of aromatic nitrogens is 1. The number of unbranched alkanes of at least 4 members (excludes halogenated alkanes) is 1.